The zero-order valence-corrected chi connectivity index (χ0v) is 12.1. The highest BCUT2D eigenvalue weighted by Gasteiger charge is 2.03. The van der Waals surface area contributed by atoms with Gasteiger partial charge in [0, 0.05) is 6.04 Å². The minimum atomic E-state index is 0.436. The number of benzene rings is 1. The largest absolute Gasteiger partial charge is 0.462 e. The number of hydrogen-bond acceptors (Lipinski definition) is 4. The van der Waals surface area contributed by atoms with Crippen molar-refractivity contribution in [2.45, 2.75) is 32.7 Å². The van der Waals surface area contributed by atoms with Crippen LogP contribution < -0.4 is 10.1 Å². The highest BCUT2D eigenvalue weighted by Crippen LogP contribution is 2.08. The van der Waals surface area contributed by atoms with Crippen LogP contribution in [0.2, 0.25) is 0 Å². The topological polar surface area (TPSA) is 52.0 Å². The number of para-hydroxylation sites is 1. The normalized spacial score (nSPS) is 10.9. The molecule has 1 aromatic carbocycles. The molecule has 0 spiro atoms. The molecule has 0 amide bonds. The Labute approximate surface area is 120 Å². The van der Waals surface area contributed by atoms with E-state index in [1.807, 2.05) is 30.3 Å². The van der Waals surface area contributed by atoms with Crippen LogP contribution in [0, 0.1) is 0 Å². The fraction of sp³-hybridized carbons (Fsp3) is 0.467. The second kappa shape index (κ2) is 7.65. The lowest BCUT2D eigenvalue weighted by atomic mass is 10.3. The summed E-state index contributed by atoms with van der Waals surface area (Å²) in [6, 6.07) is 10.9. The fourth-order valence-corrected chi connectivity index (χ4v) is 1.80. The Morgan fingerprint density at radius 3 is 2.75 bits per heavy atom. The molecule has 0 bridgehead atoms. The number of unbranched alkanes of at least 4 members (excludes halogenated alkanes) is 1. The highest BCUT2D eigenvalue weighted by molar-refractivity contribution is 5.29. The summed E-state index contributed by atoms with van der Waals surface area (Å²) in [5, 5.41) is 7.67. The molecule has 0 saturated carbocycles. The Balaban J connectivity index is 1.71. The van der Waals surface area contributed by atoms with Gasteiger partial charge in [-0.1, -0.05) is 32.0 Å². The quantitative estimate of drug-likeness (QED) is 0.751. The summed E-state index contributed by atoms with van der Waals surface area (Å²) in [7, 11) is 0. The Kier molecular flexibility index (Phi) is 5.55. The van der Waals surface area contributed by atoms with Crippen molar-refractivity contribution in [3.63, 3.8) is 0 Å². The number of nitrogens with zero attached hydrogens (tertiary/aromatic N) is 3. The van der Waals surface area contributed by atoms with Gasteiger partial charge in [-0.3, -0.25) is 0 Å². The van der Waals surface area contributed by atoms with Crippen LogP contribution in [0.3, 0.4) is 0 Å². The molecular formula is C15H22N4O. The number of ether oxygens (including phenoxy) is 1. The summed E-state index contributed by atoms with van der Waals surface area (Å²) in [6.07, 6.45) is 3.77. The summed E-state index contributed by atoms with van der Waals surface area (Å²) < 4.78 is 7.26. The monoisotopic (exact) mass is 274 g/mol. The van der Waals surface area contributed by atoms with Crippen LogP contribution in [0.5, 0.6) is 6.01 Å². The van der Waals surface area contributed by atoms with E-state index in [1.54, 1.807) is 11.0 Å². The molecule has 0 fully saturated rings. The Morgan fingerprint density at radius 2 is 2.00 bits per heavy atom. The molecule has 5 nitrogen and oxygen atoms in total. The van der Waals surface area contributed by atoms with E-state index < -0.39 is 0 Å². The van der Waals surface area contributed by atoms with Gasteiger partial charge >= 0.3 is 6.01 Å². The molecule has 0 aliphatic carbocycles. The maximum absolute atomic E-state index is 5.54. The molecule has 0 saturated heterocycles. The van der Waals surface area contributed by atoms with E-state index in [1.165, 1.54) is 0 Å². The van der Waals surface area contributed by atoms with Crippen molar-refractivity contribution in [1.82, 2.24) is 20.1 Å². The van der Waals surface area contributed by atoms with E-state index in [9.17, 15) is 0 Å². The first-order valence-electron chi connectivity index (χ1n) is 7.09. The van der Waals surface area contributed by atoms with Crippen molar-refractivity contribution < 1.29 is 4.74 Å². The molecule has 1 heterocycles. The van der Waals surface area contributed by atoms with Crippen molar-refractivity contribution in [3.8, 4) is 11.7 Å². The molecule has 20 heavy (non-hydrogen) atoms. The minimum Gasteiger partial charge on any atom is -0.462 e. The number of aromatic nitrogens is 3. The van der Waals surface area contributed by atoms with Crippen LogP contribution in [0.25, 0.3) is 5.69 Å². The Bertz CT molecular complexity index is 496. The second-order valence-electron chi connectivity index (χ2n) is 4.97. The molecule has 108 valence electrons. The Morgan fingerprint density at radius 1 is 1.20 bits per heavy atom. The first kappa shape index (κ1) is 14.5. The molecule has 0 atom stereocenters. The van der Waals surface area contributed by atoms with Gasteiger partial charge in [0.25, 0.3) is 0 Å². The van der Waals surface area contributed by atoms with Gasteiger partial charge in [-0.2, -0.15) is 4.98 Å². The second-order valence-corrected chi connectivity index (χ2v) is 4.97. The van der Waals surface area contributed by atoms with Gasteiger partial charge in [0.1, 0.15) is 6.33 Å². The molecule has 2 aromatic rings. The van der Waals surface area contributed by atoms with E-state index >= 15 is 0 Å². The van der Waals surface area contributed by atoms with Gasteiger partial charge in [-0.05, 0) is 31.5 Å². The smallest absolute Gasteiger partial charge is 0.335 e. The van der Waals surface area contributed by atoms with E-state index in [-0.39, 0.29) is 0 Å². The molecule has 0 unspecified atom stereocenters. The maximum atomic E-state index is 5.54. The van der Waals surface area contributed by atoms with Crippen LogP contribution >= 0.6 is 0 Å². The van der Waals surface area contributed by atoms with E-state index in [4.69, 9.17) is 4.74 Å². The number of rotatable bonds is 8. The van der Waals surface area contributed by atoms with E-state index in [0.29, 0.717) is 18.7 Å². The number of nitrogens with one attached hydrogen (secondary N) is 1. The molecule has 0 radical (unpaired) electrons. The van der Waals surface area contributed by atoms with Crippen LogP contribution in [-0.2, 0) is 0 Å². The standard InChI is InChI=1S/C15H22N4O/c1-13(2)16-10-6-7-11-20-15-17-12-19(18-15)14-8-4-3-5-9-14/h3-5,8-9,12-13,16H,6-7,10-11H2,1-2H3. The first-order chi connectivity index (χ1) is 9.75. The third-order valence-corrected chi connectivity index (χ3v) is 2.85. The van der Waals surface area contributed by atoms with Crippen molar-refractivity contribution in [3.05, 3.63) is 36.7 Å². The lowest BCUT2D eigenvalue weighted by Crippen LogP contribution is -2.23. The average Bonchev–Trinajstić information content (AvgIpc) is 2.92. The van der Waals surface area contributed by atoms with E-state index in [0.717, 1.165) is 25.1 Å². The lowest BCUT2D eigenvalue weighted by molar-refractivity contribution is 0.282. The first-order valence-corrected chi connectivity index (χ1v) is 7.09. The molecule has 1 aromatic heterocycles. The van der Waals surface area contributed by atoms with Crippen LogP contribution in [0.15, 0.2) is 36.7 Å². The van der Waals surface area contributed by atoms with Crippen molar-refractivity contribution in [2.24, 2.45) is 0 Å². The lowest BCUT2D eigenvalue weighted by Gasteiger charge is -2.07. The van der Waals surface area contributed by atoms with Gasteiger partial charge < -0.3 is 10.1 Å². The summed E-state index contributed by atoms with van der Waals surface area (Å²) in [5.41, 5.74) is 0.982. The fourth-order valence-electron chi connectivity index (χ4n) is 1.80. The van der Waals surface area contributed by atoms with Crippen molar-refractivity contribution in [1.29, 1.82) is 0 Å². The van der Waals surface area contributed by atoms with Gasteiger partial charge in [0.05, 0.1) is 12.3 Å². The maximum Gasteiger partial charge on any atom is 0.335 e. The summed E-state index contributed by atoms with van der Waals surface area (Å²) in [4.78, 5) is 4.15. The summed E-state index contributed by atoms with van der Waals surface area (Å²) >= 11 is 0. The summed E-state index contributed by atoms with van der Waals surface area (Å²) in [6.45, 7) is 5.97. The van der Waals surface area contributed by atoms with Crippen molar-refractivity contribution in [2.75, 3.05) is 13.2 Å². The predicted octanol–water partition coefficient (Wildman–Crippen LogP) is 2.42. The molecule has 0 aliphatic rings. The molecule has 1 N–H and O–H groups in total. The van der Waals surface area contributed by atoms with Gasteiger partial charge in [-0.25, -0.2) is 4.68 Å². The molecule has 0 aliphatic heterocycles. The number of hydrogen-bond donors (Lipinski definition) is 1. The van der Waals surface area contributed by atoms with Gasteiger partial charge in [0.15, 0.2) is 0 Å². The Hall–Kier alpha value is -1.88. The minimum absolute atomic E-state index is 0.436. The summed E-state index contributed by atoms with van der Waals surface area (Å²) in [5.74, 6) is 0. The molecule has 5 heteroatoms. The molecular weight excluding hydrogens is 252 g/mol. The SMILES string of the molecule is CC(C)NCCCCOc1ncn(-c2ccccc2)n1. The molecule has 2 rings (SSSR count). The van der Waals surface area contributed by atoms with Gasteiger partial charge in [0.2, 0.25) is 0 Å². The highest BCUT2D eigenvalue weighted by atomic mass is 16.5. The van der Waals surface area contributed by atoms with Crippen molar-refractivity contribution >= 4 is 0 Å². The zero-order chi connectivity index (χ0) is 14.2. The van der Waals surface area contributed by atoms with E-state index in [2.05, 4.69) is 29.2 Å². The average molecular weight is 274 g/mol. The van der Waals surface area contributed by atoms with Crippen LogP contribution in [0.1, 0.15) is 26.7 Å². The van der Waals surface area contributed by atoms with Gasteiger partial charge in [-0.15, -0.1) is 5.10 Å². The third-order valence-electron chi connectivity index (χ3n) is 2.85. The predicted molar refractivity (Wildman–Crippen MR) is 79.2 cm³/mol. The zero-order valence-electron chi connectivity index (χ0n) is 12.1. The third kappa shape index (κ3) is 4.66. The van der Waals surface area contributed by atoms with Crippen LogP contribution in [0.4, 0.5) is 0 Å². The van der Waals surface area contributed by atoms with Crippen LogP contribution in [-0.4, -0.2) is 34.0 Å².